The minimum absolute atomic E-state index is 0.0316. The van der Waals surface area contributed by atoms with Crippen molar-refractivity contribution in [2.45, 2.75) is 31.1 Å². The molecule has 1 fully saturated rings. The van der Waals surface area contributed by atoms with Crippen LogP contribution in [0.4, 0.5) is 5.69 Å². The summed E-state index contributed by atoms with van der Waals surface area (Å²) < 4.78 is 10.3. The quantitative estimate of drug-likeness (QED) is 0.541. The molecule has 2 aromatic rings. The Balaban J connectivity index is 1.49. The zero-order valence-electron chi connectivity index (χ0n) is 17.7. The SMILES string of the molecule is COc1ccc(NC(=O)C(=O)NCC(=O)NCC2(c3cccs3)CCCC2)c(OC)c1. The highest BCUT2D eigenvalue weighted by Gasteiger charge is 2.36. The number of nitrogens with one attached hydrogen (secondary N) is 3. The standard InChI is InChI=1S/C22H27N3O5S/c1-29-15-7-8-16(17(12-15)30-2)25-21(28)20(27)23-13-19(26)24-14-22(9-3-4-10-22)18-6-5-11-31-18/h5-8,11-12H,3-4,9-10,13-14H2,1-2H3,(H,23,27)(H,24,26)(H,25,28). The molecular weight excluding hydrogens is 418 g/mol. The molecule has 31 heavy (non-hydrogen) atoms. The Bertz CT molecular complexity index is 923. The number of amides is 3. The summed E-state index contributed by atoms with van der Waals surface area (Å²) in [5.41, 5.74) is 0.294. The summed E-state index contributed by atoms with van der Waals surface area (Å²) >= 11 is 1.71. The number of hydrogen-bond acceptors (Lipinski definition) is 6. The van der Waals surface area contributed by atoms with E-state index in [4.69, 9.17) is 9.47 Å². The summed E-state index contributed by atoms with van der Waals surface area (Å²) in [6.07, 6.45) is 4.34. The maximum absolute atomic E-state index is 12.3. The normalized spacial score (nSPS) is 14.5. The molecule has 1 aromatic heterocycles. The monoisotopic (exact) mass is 445 g/mol. The van der Waals surface area contributed by atoms with Gasteiger partial charge in [0.15, 0.2) is 0 Å². The topological polar surface area (TPSA) is 106 Å². The van der Waals surface area contributed by atoms with E-state index in [9.17, 15) is 14.4 Å². The van der Waals surface area contributed by atoms with Crippen molar-refractivity contribution in [1.82, 2.24) is 10.6 Å². The summed E-state index contributed by atoms with van der Waals surface area (Å²) in [6.45, 7) is 0.254. The average Bonchev–Trinajstić information content (AvgIpc) is 3.49. The van der Waals surface area contributed by atoms with Crippen molar-refractivity contribution in [3.63, 3.8) is 0 Å². The minimum atomic E-state index is -0.901. The van der Waals surface area contributed by atoms with E-state index in [0.717, 1.165) is 25.7 Å². The van der Waals surface area contributed by atoms with Crippen LogP contribution >= 0.6 is 11.3 Å². The molecule has 1 aliphatic carbocycles. The lowest BCUT2D eigenvalue weighted by molar-refractivity contribution is -0.136. The third-order valence-electron chi connectivity index (χ3n) is 5.50. The Morgan fingerprint density at radius 2 is 1.81 bits per heavy atom. The maximum atomic E-state index is 12.3. The van der Waals surface area contributed by atoms with Gasteiger partial charge < -0.3 is 25.4 Å². The number of carbonyl (C=O) groups excluding carboxylic acids is 3. The first-order valence-corrected chi connectivity index (χ1v) is 11.0. The van der Waals surface area contributed by atoms with Gasteiger partial charge in [-0.15, -0.1) is 11.3 Å². The van der Waals surface area contributed by atoms with Gasteiger partial charge in [-0.05, 0) is 36.4 Å². The van der Waals surface area contributed by atoms with E-state index in [1.807, 2.05) is 11.4 Å². The van der Waals surface area contributed by atoms with Crippen molar-refractivity contribution in [3.05, 3.63) is 40.6 Å². The molecule has 0 spiro atoms. The number of rotatable bonds is 8. The van der Waals surface area contributed by atoms with Gasteiger partial charge in [-0.25, -0.2) is 0 Å². The van der Waals surface area contributed by atoms with E-state index < -0.39 is 11.8 Å². The predicted octanol–water partition coefficient (Wildman–Crippen LogP) is 2.45. The van der Waals surface area contributed by atoms with Gasteiger partial charge in [-0.1, -0.05) is 18.9 Å². The van der Waals surface area contributed by atoms with E-state index >= 15 is 0 Å². The van der Waals surface area contributed by atoms with E-state index in [1.165, 1.54) is 19.1 Å². The molecule has 1 aromatic carbocycles. The van der Waals surface area contributed by atoms with Crippen molar-refractivity contribution in [2.75, 3.05) is 32.6 Å². The van der Waals surface area contributed by atoms with Gasteiger partial charge >= 0.3 is 11.8 Å². The summed E-state index contributed by atoms with van der Waals surface area (Å²) in [7, 11) is 2.96. The molecule has 0 atom stereocenters. The van der Waals surface area contributed by atoms with Crippen LogP contribution in [-0.4, -0.2) is 45.0 Å². The first kappa shape index (κ1) is 22.6. The molecular formula is C22H27N3O5S. The second-order valence-corrected chi connectivity index (χ2v) is 8.39. The molecule has 1 aliphatic rings. The molecule has 1 heterocycles. The highest BCUT2D eigenvalue weighted by atomic mass is 32.1. The van der Waals surface area contributed by atoms with Crippen molar-refractivity contribution in [2.24, 2.45) is 0 Å². The Labute approximate surface area is 185 Å². The lowest BCUT2D eigenvalue weighted by atomic mass is 9.84. The van der Waals surface area contributed by atoms with Crippen LogP contribution in [0.5, 0.6) is 11.5 Å². The first-order valence-electron chi connectivity index (χ1n) is 10.1. The van der Waals surface area contributed by atoms with Gasteiger partial charge in [0.05, 0.1) is 26.5 Å². The number of ether oxygens (including phenoxy) is 2. The maximum Gasteiger partial charge on any atom is 0.313 e. The summed E-state index contributed by atoms with van der Waals surface area (Å²) in [5.74, 6) is -1.21. The molecule has 0 radical (unpaired) electrons. The number of anilines is 1. The van der Waals surface area contributed by atoms with Crippen molar-refractivity contribution in [1.29, 1.82) is 0 Å². The fraction of sp³-hybridized carbons (Fsp3) is 0.409. The second-order valence-electron chi connectivity index (χ2n) is 7.44. The summed E-state index contributed by atoms with van der Waals surface area (Å²) in [4.78, 5) is 37.9. The molecule has 0 bridgehead atoms. The van der Waals surface area contributed by atoms with Crippen LogP contribution in [0.25, 0.3) is 0 Å². The van der Waals surface area contributed by atoms with Crippen molar-refractivity contribution < 1.29 is 23.9 Å². The van der Waals surface area contributed by atoms with Crippen LogP contribution in [0.1, 0.15) is 30.6 Å². The van der Waals surface area contributed by atoms with Crippen LogP contribution in [0.15, 0.2) is 35.7 Å². The average molecular weight is 446 g/mol. The smallest absolute Gasteiger partial charge is 0.313 e. The molecule has 3 N–H and O–H groups in total. The first-order chi connectivity index (χ1) is 15.0. The van der Waals surface area contributed by atoms with Gasteiger partial charge in [0.1, 0.15) is 11.5 Å². The molecule has 8 nitrogen and oxygen atoms in total. The molecule has 3 amide bonds. The Hall–Kier alpha value is -3.07. The van der Waals surface area contributed by atoms with Gasteiger partial charge in [-0.2, -0.15) is 0 Å². The van der Waals surface area contributed by atoms with Crippen molar-refractivity contribution >= 4 is 34.7 Å². The van der Waals surface area contributed by atoms with Crippen LogP contribution in [-0.2, 0) is 19.8 Å². The molecule has 166 valence electrons. The zero-order valence-corrected chi connectivity index (χ0v) is 18.5. The summed E-state index contributed by atoms with van der Waals surface area (Å²) in [5, 5.41) is 9.80. The van der Waals surface area contributed by atoms with Gasteiger partial charge in [-0.3, -0.25) is 14.4 Å². The number of hydrogen-bond donors (Lipinski definition) is 3. The highest BCUT2D eigenvalue weighted by molar-refractivity contribution is 7.10. The number of carbonyl (C=O) groups is 3. The largest absolute Gasteiger partial charge is 0.497 e. The summed E-state index contributed by atoms with van der Waals surface area (Å²) in [6, 6.07) is 8.94. The number of benzene rings is 1. The molecule has 1 saturated carbocycles. The molecule has 0 aliphatic heterocycles. The molecule has 0 saturated heterocycles. The third kappa shape index (κ3) is 5.55. The van der Waals surface area contributed by atoms with Crippen LogP contribution in [0, 0.1) is 0 Å². The predicted molar refractivity (Wildman–Crippen MR) is 119 cm³/mol. The van der Waals surface area contributed by atoms with Crippen LogP contribution in [0.3, 0.4) is 0 Å². The Morgan fingerprint density at radius 3 is 2.45 bits per heavy atom. The third-order valence-corrected chi connectivity index (χ3v) is 6.62. The van der Waals surface area contributed by atoms with Gasteiger partial charge in [0.25, 0.3) is 0 Å². The Kier molecular flexibility index (Phi) is 7.51. The van der Waals surface area contributed by atoms with E-state index in [-0.39, 0.29) is 17.9 Å². The van der Waals surface area contributed by atoms with E-state index in [2.05, 4.69) is 22.0 Å². The Morgan fingerprint density at radius 1 is 1.03 bits per heavy atom. The number of methoxy groups -OCH3 is 2. The molecule has 3 rings (SSSR count). The van der Waals surface area contributed by atoms with E-state index in [0.29, 0.717) is 23.7 Å². The van der Waals surface area contributed by atoms with Crippen LogP contribution < -0.4 is 25.4 Å². The lowest BCUT2D eigenvalue weighted by Crippen LogP contribution is -2.45. The fourth-order valence-electron chi connectivity index (χ4n) is 3.79. The highest BCUT2D eigenvalue weighted by Crippen LogP contribution is 2.42. The van der Waals surface area contributed by atoms with Gasteiger partial charge in [0, 0.05) is 22.9 Å². The zero-order chi connectivity index (χ0) is 22.3. The lowest BCUT2D eigenvalue weighted by Gasteiger charge is -2.28. The fourth-order valence-corrected chi connectivity index (χ4v) is 4.78. The minimum Gasteiger partial charge on any atom is -0.497 e. The van der Waals surface area contributed by atoms with Crippen molar-refractivity contribution in [3.8, 4) is 11.5 Å². The van der Waals surface area contributed by atoms with E-state index in [1.54, 1.807) is 29.5 Å². The van der Waals surface area contributed by atoms with Crippen LogP contribution in [0.2, 0.25) is 0 Å². The molecule has 0 unspecified atom stereocenters. The molecule has 9 heteroatoms. The number of thiophene rings is 1. The second kappa shape index (κ2) is 10.3. The van der Waals surface area contributed by atoms with Gasteiger partial charge in [0.2, 0.25) is 5.91 Å².